The molecule has 2 heterocycles. The summed E-state index contributed by atoms with van der Waals surface area (Å²) in [6.07, 6.45) is 5.78. The lowest BCUT2D eigenvalue weighted by Gasteiger charge is -2.13. The topological polar surface area (TPSA) is 59.0 Å². The minimum Gasteiger partial charge on any atom is -0.348 e. The molecule has 2 N–H and O–H groups in total. The Morgan fingerprint density at radius 3 is 3.17 bits per heavy atom. The van der Waals surface area contributed by atoms with Crippen molar-refractivity contribution < 1.29 is 4.79 Å². The Morgan fingerprint density at radius 2 is 2.50 bits per heavy atom. The van der Waals surface area contributed by atoms with E-state index in [0.29, 0.717) is 12.5 Å². The molecular weight excluding hydrogens is 228 g/mol. The van der Waals surface area contributed by atoms with E-state index in [9.17, 15) is 4.79 Å². The lowest BCUT2D eigenvalue weighted by molar-refractivity contribution is -0.123. The number of amides is 1. The fourth-order valence-electron chi connectivity index (χ4n) is 2.26. The molecule has 1 unspecified atom stereocenters. The Balaban J connectivity index is 1.85. The van der Waals surface area contributed by atoms with Gasteiger partial charge in [-0.2, -0.15) is 0 Å². The van der Waals surface area contributed by atoms with Crippen LogP contribution < -0.4 is 10.6 Å². The molecule has 1 aromatic rings. The molecule has 0 saturated carbocycles. The zero-order valence-corrected chi connectivity index (χ0v) is 11.1. The Kier molecular flexibility index (Phi) is 4.36. The molecule has 1 aliphatic rings. The number of aromatic nitrogens is 2. The first-order valence-corrected chi connectivity index (χ1v) is 6.68. The first-order chi connectivity index (χ1) is 8.66. The summed E-state index contributed by atoms with van der Waals surface area (Å²) in [6.45, 7) is 6.74. The third-order valence-electron chi connectivity index (χ3n) is 3.16. The Bertz CT molecular complexity index is 393. The third kappa shape index (κ3) is 3.32. The molecule has 1 fully saturated rings. The highest BCUT2D eigenvalue weighted by Crippen LogP contribution is 2.06. The van der Waals surface area contributed by atoms with Crippen LogP contribution in [0.4, 0.5) is 0 Å². The molecule has 0 aliphatic carbocycles. The van der Waals surface area contributed by atoms with Gasteiger partial charge in [-0.15, -0.1) is 0 Å². The molecule has 0 bridgehead atoms. The van der Waals surface area contributed by atoms with Crippen LogP contribution in [-0.4, -0.2) is 28.0 Å². The van der Waals surface area contributed by atoms with Gasteiger partial charge in [0.2, 0.25) is 5.91 Å². The van der Waals surface area contributed by atoms with E-state index in [-0.39, 0.29) is 11.9 Å². The van der Waals surface area contributed by atoms with Crippen LogP contribution in [0.1, 0.15) is 32.5 Å². The molecular formula is C13H22N4O. The van der Waals surface area contributed by atoms with Crippen molar-refractivity contribution in [3.8, 4) is 0 Å². The smallest absolute Gasteiger partial charge is 0.237 e. The summed E-state index contributed by atoms with van der Waals surface area (Å²) in [7, 11) is 0. The molecule has 1 amide bonds. The second kappa shape index (κ2) is 6.00. The maximum Gasteiger partial charge on any atom is 0.237 e. The lowest BCUT2D eigenvalue weighted by Crippen LogP contribution is -2.40. The van der Waals surface area contributed by atoms with Crippen LogP contribution in [0.2, 0.25) is 0 Å². The first kappa shape index (κ1) is 13.1. The molecule has 100 valence electrons. The summed E-state index contributed by atoms with van der Waals surface area (Å²) in [5.41, 5.74) is 0. The zero-order valence-electron chi connectivity index (χ0n) is 11.1. The first-order valence-electron chi connectivity index (χ1n) is 6.68. The minimum atomic E-state index is -0.0153. The lowest BCUT2D eigenvalue weighted by atomic mass is 10.2. The molecule has 0 aromatic carbocycles. The van der Waals surface area contributed by atoms with E-state index in [0.717, 1.165) is 31.8 Å². The Morgan fingerprint density at radius 1 is 1.67 bits per heavy atom. The molecule has 1 atom stereocenters. The number of rotatable bonds is 5. The van der Waals surface area contributed by atoms with E-state index in [1.807, 2.05) is 6.20 Å². The van der Waals surface area contributed by atoms with Gasteiger partial charge in [0.15, 0.2) is 0 Å². The van der Waals surface area contributed by atoms with Crippen molar-refractivity contribution in [1.29, 1.82) is 0 Å². The van der Waals surface area contributed by atoms with Gasteiger partial charge in [-0.05, 0) is 25.3 Å². The number of carbonyl (C=O) groups is 1. The second-order valence-electron chi connectivity index (χ2n) is 5.26. The maximum absolute atomic E-state index is 11.9. The molecule has 5 heteroatoms. The highest BCUT2D eigenvalue weighted by Gasteiger charge is 2.21. The number of imidazole rings is 1. The van der Waals surface area contributed by atoms with Crippen LogP contribution in [0.3, 0.4) is 0 Å². The molecule has 1 aromatic heterocycles. The van der Waals surface area contributed by atoms with Gasteiger partial charge in [0, 0.05) is 18.9 Å². The average Bonchev–Trinajstić information content (AvgIpc) is 2.95. The van der Waals surface area contributed by atoms with E-state index in [1.165, 1.54) is 0 Å². The predicted molar refractivity (Wildman–Crippen MR) is 69.9 cm³/mol. The van der Waals surface area contributed by atoms with Crippen LogP contribution in [0.5, 0.6) is 0 Å². The largest absolute Gasteiger partial charge is 0.348 e. The van der Waals surface area contributed by atoms with Gasteiger partial charge in [-0.3, -0.25) is 4.79 Å². The van der Waals surface area contributed by atoms with Crippen molar-refractivity contribution in [1.82, 2.24) is 20.2 Å². The van der Waals surface area contributed by atoms with E-state index < -0.39 is 0 Å². The molecule has 18 heavy (non-hydrogen) atoms. The highest BCUT2D eigenvalue weighted by atomic mass is 16.2. The minimum absolute atomic E-state index is 0.0153. The van der Waals surface area contributed by atoms with Gasteiger partial charge in [0.05, 0.1) is 12.6 Å². The van der Waals surface area contributed by atoms with E-state index in [2.05, 4.69) is 34.0 Å². The molecule has 1 aliphatic heterocycles. The van der Waals surface area contributed by atoms with Crippen LogP contribution in [-0.2, 0) is 17.9 Å². The molecule has 2 rings (SSSR count). The van der Waals surface area contributed by atoms with Gasteiger partial charge in [-0.25, -0.2) is 4.98 Å². The van der Waals surface area contributed by atoms with E-state index in [1.54, 1.807) is 6.20 Å². The highest BCUT2D eigenvalue weighted by molar-refractivity contribution is 5.81. The SMILES string of the molecule is CC(C)Cn1ccnc1CNC(=O)C1CCCN1. The van der Waals surface area contributed by atoms with Crippen molar-refractivity contribution in [3.05, 3.63) is 18.2 Å². The second-order valence-corrected chi connectivity index (χ2v) is 5.26. The molecule has 5 nitrogen and oxygen atoms in total. The number of nitrogens with zero attached hydrogens (tertiary/aromatic N) is 2. The van der Waals surface area contributed by atoms with Crippen LogP contribution in [0.15, 0.2) is 12.4 Å². The number of nitrogens with one attached hydrogen (secondary N) is 2. The molecule has 0 spiro atoms. The van der Waals surface area contributed by atoms with Crippen molar-refractivity contribution in [2.45, 2.75) is 45.8 Å². The summed E-state index contributed by atoms with van der Waals surface area (Å²) in [5, 5.41) is 6.15. The van der Waals surface area contributed by atoms with Crippen molar-refractivity contribution in [2.24, 2.45) is 5.92 Å². The molecule has 0 radical (unpaired) electrons. The fourth-order valence-corrected chi connectivity index (χ4v) is 2.26. The fraction of sp³-hybridized carbons (Fsp3) is 0.692. The Labute approximate surface area is 108 Å². The van der Waals surface area contributed by atoms with Crippen molar-refractivity contribution in [2.75, 3.05) is 6.54 Å². The van der Waals surface area contributed by atoms with Gasteiger partial charge in [0.25, 0.3) is 0 Å². The van der Waals surface area contributed by atoms with Gasteiger partial charge in [0.1, 0.15) is 5.82 Å². The Hall–Kier alpha value is -1.36. The number of hydrogen-bond donors (Lipinski definition) is 2. The van der Waals surface area contributed by atoms with Crippen molar-refractivity contribution >= 4 is 5.91 Å². The predicted octanol–water partition coefficient (Wildman–Crippen LogP) is 0.907. The van der Waals surface area contributed by atoms with Gasteiger partial charge in [-0.1, -0.05) is 13.8 Å². The maximum atomic E-state index is 11.9. The average molecular weight is 250 g/mol. The van der Waals surface area contributed by atoms with Gasteiger partial charge < -0.3 is 15.2 Å². The summed E-state index contributed by atoms with van der Waals surface area (Å²) >= 11 is 0. The van der Waals surface area contributed by atoms with Crippen LogP contribution in [0, 0.1) is 5.92 Å². The normalized spacial score (nSPS) is 19.4. The molecule has 1 saturated heterocycles. The van der Waals surface area contributed by atoms with Gasteiger partial charge >= 0.3 is 0 Å². The quantitative estimate of drug-likeness (QED) is 0.816. The number of carbonyl (C=O) groups excluding carboxylic acids is 1. The third-order valence-corrected chi connectivity index (χ3v) is 3.16. The van der Waals surface area contributed by atoms with E-state index >= 15 is 0 Å². The standard InChI is InChI=1S/C13H22N4O/c1-10(2)9-17-7-6-15-12(17)8-16-13(18)11-4-3-5-14-11/h6-7,10-11,14H,3-5,8-9H2,1-2H3,(H,16,18). The summed E-state index contributed by atoms with van der Waals surface area (Å²) in [6, 6.07) is -0.0153. The monoisotopic (exact) mass is 250 g/mol. The van der Waals surface area contributed by atoms with Crippen LogP contribution >= 0.6 is 0 Å². The zero-order chi connectivity index (χ0) is 13.0. The summed E-state index contributed by atoms with van der Waals surface area (Å²) in [4.78, 5) is 16.2. The van der Waals surface area contributed by atoms with E-state index in [4.69, 9.17) is 0 Å². The summed E-state index contributed by atoms with van der Waals surface area (Å²) < 4.78 is 2.10. The summed E-state index contributed by atoms with van der Waals surface area (Å²) in [5.74, 6) is 1.59. The number of hydrogen-bond acceptors (Lipinski definition) is 3. The van der Waals surface area contributed by atoms with Crippen LogP contribution in [0.25, 0.3) is 0 Å². The van der Waals surface area contributed by atoms with Crippen molar-refractivity contribution in [3.63, 3.8) is 0 Å².